The second-order valence-corrected chi connectivity index (χ2v) is 6.99. The highest BCUT2D eigenvalue weighted by atomic mass is 79.9. The summed E-state index contributed by atoms with van der Waals surface area (Å²) in [6.45, 7) is 6.37. The van der Waals surface area contributed by atoms with Gasteiger partial charge in [-0.05, 0) is 38.3 Å². The van der Waals surface area contributed by atoms with Crippen LogP contribution in [0.3, 0.4) is 0 Å². The summed E-state index contributed by atoms with van der Waals surface area (Å²) in [7, 11) is 0. The van der Waals surface area contributed by atoms with Crippen molar-refractivity contribution in [1.29, 1.82) is 0 Å². The molecule has 106 valence electrons. The van der Waals surface area contributed by atoms with Crippen molar-refractivity contribution >= 4 is 27.5 Å². The molecule has 0 aliphatic carbocycles. The largest absolute Gasteiger partial charge is 0.375 e. The molecular weight excluding hydrogens is 331 g/mol. The van der Waals surface area contributed by atoms with E-state index in [0.29, 0.717) is 28.8 Å². The standard InChI is InChI=1S/C15H19BrClFO/c1-8-9(2)19-10(3)15(8)12(16)7-11-13(17)5-4-6-14(11)18/h4-6,8-10,12,15H,7H2,1-3H3. The molecule has 0 aromatic heterocycles. The number of hydrogen-bond acceptors (Lipinski definition) is 1. The van der Waals surface area contributed by atoms with Gasteiger partial charge < -0.3 is 4.74 Å². The van der Waals surface area contributed by atoms with E-state index in [1.54, 1.807) is 12.1 Å². The summed E-state index contributed by atoms with van der Waals surface area (Å²) in [6, 6.07) is 4.83. The molecule has 2 rings (SSSR count). The lowest BCUT2D eigenvalue weighted by Gasteiger charge is -2.25. The van der Waals surface area contributed by atoms with Crippen LogP contribution < -0.4 is 0 Å². The van der Waals surface area contributed by atoms with Crippen LogP contribution in [0, 0.1) is 17.7 Å². The average Bonchev–Trinajstić information content (AvgIpc) is 2.58. The number of alkyl halides is 1. The molecule has 19 heavy (non-hydrogen) atoms. The third-order valence-corrected chi connectivity index (χ3v) is 5.49. The zero-order valence-electron chi connectivity index (χ0n) is 11.4. The molecule has 0 spiro atoms. The quantitative estimate of drug-likeness (QED) is 0.709. The van der Waals surface area contributed by atoms with Crippen molar-refractivity contribution in [3.63, 3.8) is 0 Å². The Morgan fingerprint density at radius 1 is 1.32 bits per heavy atom. The zero-order chi connectivity index (χ0) is 14.2. The van der Waals surface area contributed by atoms with E-state index in [1.807, 2.05) is 0 Å². The lowest BCUT2D eigenvalue weighted by Crippen LogP contribution is -2.28. The Bertz CT molecular complexity index is 434. The molecule has 0 bridgehead atoms. The van der Waals surface area contributed by atoms with Gasteiger partial charge >= 0.3 is 0 Å². The minimum absolute atomic E-state index is 0.164. The van der Waals surface area contributed by atoms with E-state index in [2.05, 4.69) is 36.7 Å². The third kappa shape index (κ3) is 3.14. The van der Waals surface area contributed by atoms with Crippen molar-refractivity contribution in [3.8, 4) is 0 Å². The van der Waals surface area contributed by atoms with Crippen molar-refractivity contribution in [2.24, 2.45) is 11.8 Å². The van der Waals surface area contributed by atoms with Crippen molar-refractivity contribution in [1.82, 2.24) is 0 Å². The van der Waals surface area contributed by atoms with Gasteiger partial charge in [0.1, 0.15) is 5.82 Å². The van der Waals surface area contributed by atoms with Gasteiger partial charge in [0.15, 0.2) is 0 Å². The minimum Gasteiger partial charge on any atom is -0.375 e. The van der Waals surface area contributed by atoms with Crippen molar-refractivity contribution in [2.75, 3.05) is 0 Å². The van der Waals surface area contributed by atoms with Gasteiger partial charge in [-0.2, -0.15) is 0 Å². The molecule has 5 atom stereocenters. The fourth-order valence-electron chi connectivity index (χ4n) is 2.98. The van der Waals surface area contributed by atoms with E-state index >= 15 is 0 Å². The molecular formula is C15H19BrClFO. The summed E-state index contributed by atoms with van der Waals surface area (Å²) in [5.41, 5.74) is 0.588. The number of halogens is 3. The van der Waals surface area contributed by atoms with Crippen LogP contribution in [-0.4, -0.2) is 17.0 Å². The first kappa shape index (κ1) is 15.3. The Kier molecular flexibility index (Phi) is 4.91. The number of benzene rings is 1. The lowest BCUT2D eigenvalue weighted by atomic mass is 9.85. The van der Waals surface area contributed by atoms with E-state index in [-0.39, 0.29) is 22.9 Å². The first-order valence-corrected chi connectivity index (χ1v) is 7.93. The molecule has 1 saturated heterocycles. The highest BCUT2D eigenvalue weighted by molar-refractivity contribution is 9.09. The molecule has 0 amide bonds. The molecule has 4 heteroatoms. The molecule has 1 nitrogen and oxygen atoms in total. The highest BCUT2D eigenvalue weighted by Gasteiger charge is 2.40. The van der Waals surface area contributed by atoms with E-state index in [9.17, 15) is 4.39 Å². The summed E-state index contributed by atoms with van der Waals surface area (Å²) in [4.78, 5) is 0.164. The monoisotopic (exact) mass is 348 g/mol. The topological polar surface area (TPSA) is 9.23 Å². The third-order valence-electron chi connectivity index (χ3n) is 4.20. The molecule has 1 aromatic rings. The van der Waals surface area contributed by atoms with Gasteiger partial charge in [-0.1, -0.05) is 40.5 Å². The van der Waals surface area contributed by atoms with Gasteiger partial charge in [-0.25, -0.2) is 4.39 Å². The Morgan fingerprint density at radius 3 is 2.53 bits per heavy atom. The number of ether oxygens (including phenoxy) is 1. The maximum absolute atomic E-state index is 13.8. The maximum Gasteiger partial charge on any atom is 0.127 e. The van der Waals surface area contributed by atoms with E-state index in [0.717, 1.165) is 0 Å². The normalized spacial score (nSPS) is 32.5. The minimum atomic E-state index is -0.232. The second kappa shape index (κ2) is 6.11. The van der Waals surface area contributed by atoms with E-state index < -0.39 is 0 Å². The predicted octanol–water partition coefficient (Wildman–Crippen LogP) is 4.84. The van der Waals surface area contributed by atoms with Crippen LogP contribution in [0.25, 0.3) is 0 Å². The Morgan fingerprint density at radius 2 is 2.00 bits per heavy atom. The molecule has 0 radical (unpaired) electrons. The first-order chi connectivity index (χ1) is 8.91. The molecule has 1 fully saturated rings. The average molecular weight is 350 g/mol. The van der Waals surface area contributed by atoms with Gasteiger partial charge in [0.2, 0.25) is 0 Å². The zero-order valence-corrected chi connectivity index (χ0v) is 13.7. The Balaban J connectivity index is 2.15. The second-order valence-electron chi connectivity index (χ2n) is 5.40. The van der Waals surface area contributed by atoms with Crippen LogP contribution in [0.1, 0.15) is 26.3 Å². The predicted molar refractivity (Wildman–Crippen MR) is 80.5 cm³/mol. The molecule has 1 aromatic carbocycles. The fourth-order valence-corrected chi connectivity index (χ4v) is 4.45. The molecule has 1 heterocycles. The lowest BCUT2D eigenvalue weighted by molar-refractivity contribution is 0.0511. The van der Waals surface area contributed by atoms with Crippen LogP contribution in [0.2, 0.25) is 5.02 Å². The molecule has 0 saturated carbocycles. The molecule has 1 aliphatic heterocycles. The summed E-state index contributed by atoms with van der Waals surface area (Å²) in [6.07, 6.45) is 1.01. The van der Waals surface area contributed by atoms with Crippen molar-refractivity contribution < 1.29 is 9.13 Å². The maximum atomic E-state index is 13.8. The van der Waals surface area contributed by atoms with E-state index in [4.69, 9.17) is 16.3 Å². The van der Waals surface area contributed by atoms with Crippen molar-refractivity contribution in [2.45, 2.75) is 44.2 Å². The van der Waals surface area contributed by atoms with Crippen LogP contribution in [-0.2, 0) is 11.2 Å². The summed E-state index contributed by atoms with van der Waals surface area (Å²) in [5, 5.41) is 0.497. The Hall–Kier alpha value is -0.120. The van der Waals surface area contributed by atoms with Crippen molar-refractivity contribution in [3.05, 3.63) is 34.6 Å². The molecule has 5 unspecified atom stereocenters. The van der Waals surface area contributed by atoms with Gasteiger partial charge in [-0.15, -0.1) is 0 Å². The van der Waals surface area contributed by atoms with Crippen LogP contribution >= 0.6 is 27.5 Å². The van der Waals surface area contributed by atoms with Gasteiger partial charge in [0.05, 0.1) is 12.2 Å². The van der Waals surface area contributed by atoms with E-state index in [1.165, 1.54) is 6.07 Å². The highest BCUT2D eigenvalue weighted by Crippen LogP contribution is 2.39. The number of rotatable bonds is 3. The van der Waals surface area contributed by atoms with Crippen LogP contribution in [0.4, 0.5) is 4.39 Å². The molecule has 0 N–H and O–H groups in total. The summed E-state index contributed by atoms with van der Waals surface area (Å²) < 4.78 is 19.7. The molecule has 1 aliphatic rings. The summed E-state index contributed by atoms with van der Waals surface area (Å²) >= 11 is 9.80. The first-order valence-electron chi connectivity index (χ1n) is 6.64. The smallest absolute Gasteiger partial charge is 0.127 e. The van der Waals surface area contributed by atoms with Gasteiger partial charge in [-0.3, -0.25) is 0 Å². The SMILES string of the molecule is CC1OC(C)C(C(Br)Cc2c(F)cccc2Cl)C1C. The van der Waals surface area contributed by atoms with Crippen LogP contribution in [0.5, 0.6) is 0 Å². The van der Waals surface area contributed by atoms with Gasteiger partial charge in [0, 0.05) is 21.3 Å². The summed E-state index contributed by atoms with van der Waals surface area (Å²) in [5.74, 6) is 0.583. The van der Waals surface area contributed by atoms with Gasteiger partial charge in [0.25, 0.3) is 0 Å². The van der Waals surface area contributed by atoms with Crippen LogP contribution in [0.15, 0.2) is 18.2 Å². The fraction of sp³-hybridized carbons (Fsp3) is 0.600. The Labute approximate surface area is 127 Å². The number of hydrogen-bond donors (Lipinski definition) is 0.